The van der Waals surface area contributed by atoms with Crippen LogP contribution in [0.5, 0.6) is 34.5 Å². The summed E-state index contributed by atoms with van der Waals surface area (Å²) in [6, 6.07) is 2.65. The average Bonchev–Trinajstić information content (AvgIpc) is 2.91. The van der Waals surface area contributed by atoms with Crippen molar-refractivity contribution >= 4 is 5.78 Å². The molecule has 212 valence electrons. The summed E-state index contributed by atoms with van der Waals surface area (Å²) in [6.07, 6.45) is 15.7. The summed E-state index contributed by atoms with van der Waals surface area (Å²) in [5.41, 5.74) is 0.0620. The van der Waals surface area contributed by atoms with E-state index in [1.807, 2.05) is 0 Å². The molecular formula is C31H46O7. The molecule has 0 saturated carbocycles. The Morgan fingerprint density at radius 2 is 0.789 bits per heavy atom. The van der Waals surface area contributed by atoms with Crippen LogP contribution in [0, 0.1) is 0 Å². The van der Waals surface area contributed by atoms with Crippen LogP contribution in [0.15, 0.2) is 12.1 Å². The molecule has 0 unspecified atom stereocenters. The number of phenolic OH excluding ortho intramolecular Hbond substituents is 6. The van der Waals surface area contributed by atoms with Crippen LogP contribution in [0.2, 0.25) is 0 Å². The molecule has 7 nitrogen and oxygen atoms in total. The van der Waals surface area contributed by atoms with Crippen LogP contribution in [-0.4, -0.2) is 36.4 Å². The summed E-state index contributed by atoms with van der Waals surface area (Å²) in [7, 11) is 0. The van der Waals surface area contributed by atoms with E-state index in [1.165, 1.54) is 50.7 Å². The van der Waals surface area contributed by atoms with Crippen molar-refractivity contribution in [1.82, 2.24) is 0 Å². The highest BCUT2D eigenvalue weighted by Crippen LogP contribution is 2.45. The van der Waals surface area contributed by atoms with Crippen LogP contribution >= 0.6 is 0 Å². The van der Waals surface area contributed by atoms with Crippen LogP contribution in [-0.2, 0) is 12.8 Å². The minimum absolute atomic E-state index is 0.291. The molecule has 2 aromatic carbocycles. The first kappa shape index (κ1) is 31.1. The third-order valence-electron chi connectivity index (χ3n) is 7.24. The Bertz CT molecular complexity index is 964. The second-order valence-electron chi connectivity index (χ2n) is 10.3. The Hall–Kier alpha value is -3.09. The summed E-state index contributed by atoms with van der Waals surface area (Å²) in [4.78, 5) is 13.4. The maximum atomic E-state index is 13.4. The molecule has 6 N–H and O–H groups in total. The van der Waals surface area contributed by atoms with Gasteiger partial charge in [0.05, 0.1) is 11.1 Å². The highest BCUT2D eigenvalue weighted by atomic mass is 16.3. The molecule has 0 saturated heterocycles. The van der Waals surface area contributed by atoms with Crippen molar-refractivity contribution in [2.45, 2.75) is 117 Å². The smallest absolute Gasteiger partial charge is 0.201 e. The Morgan fingerprint density at radius 3 is 1.13 bits per heavy atom. The number of hydrogen-bond donors (Lipinski definition) is 6. The van der Waals surface area contributed by atoms with Crippen molar-refractivity contribution in [3.05, 3.63) is 34.4 Å². The fourth-order valence-electron chi connectivity index (χ4n) is 4.82. The maximum Gasteiger partial charge on any atom is 0.201 e. The van der Waals surface area contributed by atoms with E-state index in [2.05, 4.69) is 13.8 Å². The Kier molecular flexibility index (Phi) is 13.1. The molecule has 0 aliphatic rings. The lowest BCUT2D eigenvalue weighted by Gasteiger charge is -2.15. The molecule has 0 aliphatic heterocycles. The molecule has 7 heteroatoms. The lowest BCUT2D eigenvalue weighted by molar-refractivity contribution is 0.103. The summed E-state index contributed by atoms with van der Waals surface area (Å²) in [5.74, 6) is -4.94. The van der Waals surface area contributed by atoms with Crippen molar-refractivity contribution in [3.63, 3.8) is 0 Å². The van der Waals surface area contributed by atoms with Gasteiger partial charge in [0.25, 0.3) is 0 Å². The van der Waals surface area contributed by atoms with E-state index >= 15 is 0 Å². The number of aromatic hydroxyl groups is 6. The van der Waals surface area contributed by atoms with E-state index in [0.29, 0.717) is 24.0 Å². The first-order valence-electron chi connectivity index (χ1n) is 14.3. The van der Waals surface area contributed by atoms with Gasteiger partial charge in [0.1, 0.15) is 0 Å². The average molecular weight is 531 g/mol. The zero-order chi connectivity index (χ0) is 28.1. The molecule has 2 rings (SSSR count). The maximum absolute atomic E-state index is 13.4. The molecule has 2 aromatic rings. The van der Waals surface area contributed by atoms with E-state index in [9.17, 15) is 35.4 Å². The van der Waals surface area contributed by atoms with E-state index in [1.54, 1.807) is 0 Å². The molecule has 0 aliphatic carbocycles. The Morgan fingerprint density at radius 1 is 0.474 bits per heavy atom. The number of hydrogen-bond acceptors (Lipinski definition) is 7. The van der Waals surface area contributed by atoms with Gasteiger partial charge < -0.3 is 30.6 Å². The Balaban J connectivity index is 2.19. The van der Waals surface area contributed by atoms with Gasteiger partial charge >= 0.3 is 0 Å². The van der Waals surface area contributed by atoms with Gasteiger partial charge in [-0.05, 0) is 48.9 Å². The van der Waals surface area contributed by atoms with Crippen molar-refractivity contribution in [3.8, 4) is 34.5 Å². The highest BCUT2D eigenvalue weighted by molar-refractivity contribution is 6.13. The summed E-state index contributed by atoms with van der Waals surface area (Å²) in [6.45, 7) is 4.32. The number of unbranched alkanes of at least 4 members (excludes halogenated alkanes) is 12. The predicted molar refractivity (Wildman–Crippen MR) is 150 cm³/mol. The van der Waals surface area contributed by atoms with Crippen molar-refractivity contribution in [1.29, 1.82) is 0 Å². The molecular weight excluding hydrogens is 484 g/mol. The van der Waals surface area contributed by atoms with Crippen molar-refractivity contribution in [2.75, 3.05) is 0 Å². The molecule has 38 heavy (non-hydrogen) atoms. The van der Waals surface area contributed by atoms with Crippen LogP contribution < -0.4 is 0 Å². The van der Waals surface area contributed by atoms with Gasteiger partial charge in [-0.15, -0.1) is 0 Å². The van der Waals surface area contributed by atoms with E-state index in [4.69, 9.17) is 0 Å². The molecule has 0 atom stereocenters. The van der Waals surface area contributed by atoms with Gasteiger partial charge in [0.15, 0.2) is 23.0 Å². The standard InChI is InChI=1S/C31H46O7/c1-3-5-7-9-11-13-15-17-21-19-23(28(35)30(37)25(21)32)27(34)24-20-22(26(33)31(38)29(24)36)18-16-14-12-10-8-6-4-2/h19-20,32-33,35-38H,3-18H2,1-2H3. The fraction of sp³-hybridized carbons (Fsp3) is 0.581. The first-order valence-corrected chi connectivity index (χ1v) is 14.3. The Labute approximate surface area is 226 Å². The molecule has 0 amide bonds. The number of benzene rings is 2. The number of rotatable bonds is 18. The first-order chi connectivity index (χ1) is 18.2. The number of ketones is 1. The number of aryl methyl sites for hydroxylation is 2. The van der Waals surface area contributed by atoms with Crippen LogP contribution in [0.1, 0.15) is 131 Å². The van der Waals surface area contributed by atoms with Crippen molar-refractivity contribution in [2.24, 2.45) is 0 Å². The molecule has 0 spiro atoms. The number of carbonyl (C=O) groups excluding carboxylic acids is 1. The second kappa shape index (κ2) is 16.0. The van der Waals surface area contributed by atoms with Crippen LogP contribution in [0.3, 0.4) is 0 Å². The van der Waals surface area contributed by atoms with Gasteiger partial charge in [-0.3, -0.25) is 4.79 Å². The molecule has 0 fully saturated rings. The fourth-order valence-corrected chi connectivity index (χ4v) is 4.82. The van der Waals surface area contributed by atoms with E-state index < -0.39 is 40.3 Å². The van der Waals surface area contributed by atoms with Crippen molar-refractivity contribution < 1.29 is 35.4 Å². The quantitative estimate of drug-likeness (QED) is 0.0658. The topological polar surface area (TPSA) is 138 Å². The van der Waals surface area contributed by atoms with E-state index in [-0.39, 0.29) is 11.1 Å². The van der Waals surface area contributed by atoms with Gasteiger partial charge in [0, 0.05) is 0 Å². The number of phenols is 6. The van der Waals surface area contributed by atoms with Crippen LogP contribution in [0.4, 0.5) is 0 Å². The third kappa shape index (κ3) is 8.47. The second-order valence-corrected chi connectivity index (χ2v) is 10.3. The van der Waals surface area contributed by atoms with Gasteiger partial charge in [-0.2, -0.15) is 0 Å². The van der Waals surface area contributed by atoms with Gasteiger partial charge in [-0.25, -0.2) is 0 Å². The largest absolute Gasteiger partial charge is 0.504 e. The minimum atomic E-state index is -0.827. The number of carbonyl (C=O) groups is 1. The third-order valence-corrected chi connectivity index (χ3v) is 7.24. The lowest BCUT2D eigenvalue weighted by Crippen LogP contribution is -2.05. The van der Waals surface area contributed by atoms with E-state index in [0.717, 1.165) is 51.4 Å². The van der Waals surface area contributed by atoms with Gasteiger partial charge in [0.2, 0.25) is 17.3 Å². The molecule has 0 heterocycles. The summed E-state index contributed by atoms with van der Waals surface area (Å²) >= 11 is 0. The monoisotopic (exact) mass is 530 g/mol. The van der Waals surface area contributed by atoms with Gasteiger partial charge in [-0.1, -0.05) is 90.9 Å². The zero-order valence-corrected chi connectivity index (χ0v) is 23.1. The summed E-state index contributed by atoms with van der Waals surface area (Å²) in [5, 5.41) is 62.2. The molecule has 0 bridgehead atoms. The predicted octanol–water partition coefficient (Wildman–Crippen LogP) is 7.74. The minimum Gasteiger partial charge on any atom is -0.504 e. The normalized spacial score (nSPS) is 11.2. The zero-order valence-electron chi connectivity index (χ0n) is 23.1. The highest BCUT2D eigenvalue weighted by Gasteiger charge is 2.27. The molecule has 0 radical (unpaired) electrons. The summed E-state index contributed by atoms with van der Waals surface area (Å²) < 4.78 is 0. The SMILES string of the molecule is CCCCCCCCCc1cc(C(=O)c2cc(CCCCCCCCC)c(O)c(O)c2O)c(O)c(O)c1O. The molecule has 0 aromatic heterocycles. The van der Waals surface area contributed by atoms with Crippen LogP contribution in [0.25, 0.3) is 0 Å². The lowest BCUT2D eigenvalue weighted by atomic mass is 9.93.